The smallest absolute Gasteiger partial charge is 0.257 e. The Hall–Kier alpha value is -4.46. The van der Waals surface area contributed by atoms with E-state index in [9.17, 15) is 9.59 Å². The van der Waals surface area contributed by atoms with Gasteiger partial charge in [0.15, 0.2) is 0 Å². The molecule has 33 heavy (non-hydrogen) atoms. The number of imidazole rings is 1. The Bertz CT molecular complexity index is 1270. The third kappa shape index (κ3) is 5.07. The summed E-state index contributed by atoms with van der Waals surface area (Å²) in [5, 5.41) is 5.85. The van der Waals surface area contributed by atoms with E-state index >= 15 is 0 Å². The SMILES string of the molecule is COc1cccc(C(NC(=O)c2cccc(NC(=O)c3cccnc3)c2)c2nccn2C)c1. The van der Waals surface area contributed by atoms with Gasteiger partial charge < -0.3 is 19.9 Å². The number of aryl methyl sites for hydroxylation is 1. The first-order valence-corrected chi connectivity index (χ1v) is 10.3. The van der Waals surface area contributed by atoms with Gasteiger partial charge in [-0.05, 0) is 48.0 Å². The van der Waals surface area contributed by atoms with Crippen LogP contribution in [0.2, 0.25) is 0 Å². The molecule has 166 valence electrons. The number of methoxy groups -OCH3 is 1. The summed E-state index contributed by atoms with van der Waals surface area (Å²) >= 11 is 0. The van der Waals surface area contributed by atoms with E-state index in [0.717, 1.165) is 5.56 Å². The van der Waals surface area contributed by atoms with Crippen LogP contribution in [-0.4, -0.2) is 33.5 Å². The average Bonchev–Trinajstić information content (AvgIpc) is 3.28. The van der Waals surface area contributed by atoms with Gasteiger partial charge in [-0.3, -0.25) is 14.6 Å². The zero-order valence-electron chi connectivity index (χ0n) is 18.2. The number of hydrogen-bond donors (Lipinski definition) is 2. The summed E-state index contributed by atoms with van der Waals surface area (Å²) < 4.78 is 7.20. The van der Waals surface area contributed by atoms with Crippen LogP contribution in [0.3, 0.4) is 0 Å². The predicted molar refractivity (Wildman–Crippen MR) is 124 cm³/mol. The van der Waals surface area contributed by atoms with E-state index in [1.54, 1.807) is 55.9 Å². The van der Waals surface area contributed by atoms with Crippen LogP contribution in [0.25, 0.3) is 0 Å². The van der Waals surface area contributed by atoms with Crippen LogP contribution < -0.4 is 15.4 Å². The Kier molecular flexibility index (Phi) is 6.45. The summed E-state index contributed by atoms with van der Waals surface area (Å²) in [5.74, 6) is 0.755. The molecule has 2 aromatic carbocycles. The summed E-state index contributed by atoms with van der Waals surface area (Å²) in [6.07, 6.45) is 6.59. The Morgan fingerprint density at radius 3 is 2.52 bits per heavy atom. The van der Waals surface area contributed by atoms with Crippen molar-refractivity contribution >= 4 is 17.5 Å². The minimum absolute atomic E-state index is 0.303. The highest BCUT2D eigenvalue weighted by molar-refractivity contribution is 6.05. The summed E-state index contributed by atoms with van der Waals surface area (Å²) in [7, 11) is 3.47. The van der Waals surface area contributed by atoms with E-state index in [2.05, 4.69) is 20.6 Å². The van der Waals surface area contributed by atoms with Crippen molar-refractivity contribution in [2.75, 3.05) is 12.4 Å². The Labute approximate surface area is 191 Å². The molecule has 8 nitrogen and oxygen atoms in total. The molecule has 0 aliphatic rings. The maximum Gasteiger partial charge on any atom is 0.257 e. The van der Waals surface area contributed by atoms with E-state index < -0.39 is 6.04 Å². The number of carbonyl (C=O) groups is 2. The van der Waals surface area contributed by atoms with Gasteiger partial charge >= 0.3 is 0 Å². The molecule has 0 bridgehead atoms. The van der Waals surface area contributed by atoms with Crippen molar-refractivity contribution in [3.8, 4) is 5.75 Å². The molecule has 0 saturated carbocycles. The summed E-state index contributed by atoms with van der Waals surface area (Å²) in [5.41, 5.74) is 2.17. The van der Waals surface area contributed by atoms with E-state index in [1.807, 2.05) is 42.1 Å². The van der Waals surface area contributed by atoms with Crippen molar-refractivity contribution < 1.29 is 14.3 Å². The molecular weight excluding hydrogens is 418 g/mol. The molecular formula is C25H23N5O3. The number of anilines is 1. The number of amides is 2. The van der Waals surface area contributed by atoms with Gasteiger partial charge in [-0.2, -0.15) is 0 Å². The number of pyridine rings is 1. The van der Waals surface area contributed by atoms with Gasteiger partial charge in [0.05, 0.1) is 12.7 Å². The molecule has 0 spiro atoms. The Balaban J connectivity index is 1.58. The van der Waals surface area contributed by atoms with Crippen LogP contribution in [0.4, 0.5) is 5.69 Å². The number of hydrogen-bond acceptors (Lipinski definition) is 5. The normalized spacial score (nSPS) is 11.5. The zero-order chi connectivity index (χ0) is 23.2. The van der Waals surface area contributed by atoms with Crippen molar-refractivity contribution in [3.05, 3.63) is 108 Å². The topological polar surface area (TPSA) is 98.1 Å². The van der Waals surface area contributed by atoms with Gasteiger partial charge in [0.2, 0.25) is 0 Å². The van der Waals surface area contributed by atoms with Crippen molar-refractivity contribution in [2.24, 2.45) is 7.05 Å². The van der Waals surface area contributed by atoms with E-state index in [0.29, 0.717) is 28.4 Å². The molecule has 2 amide bonds. The summed E-state index contributed by atoms with van der Waals surface area (Å²) in [6, 6.07) is 17.1. The molecule has 0 radical (unpaired) electrons. The van der Waals surface area contributed by atoms with Gasteiger partial charge in [-0.1, -0.05) is 18.2 Å². The van der Waals surface area contributed by atoms with Crippen LogP contribution >= 0.6 is 0 Å². The third-order valence-electron chi connectivity index (χ3n) is 5.13. The fraction of sp³-hybridized carbons (Fsp3) is 0.120. The second-order valence-electron chi connectivity index (χ2n) is 7.36. The molecule has 4 rings (SSSR count). The molecule has 0 aliphatic heterocycles. The monoisotopic (exact) mass is 441 g/mol. The van der Waals surface area contributed by atoms with Crippen molar-refractivity contribution in [1.82, 2.24) is 19.9 Å². The van der Waals surface area contributed by atoms with E-state index in [-0.39, 0.29) is 11.8 Å². The Morgan fingerprint density at radius 1 is 0.970 bits per heavy atom. The lowest BCUT2D eigenvalue weighted by Crippen LogP contribution is -2.31. The average molecular weight is 441 g/mol. The highest BCUT2D eigenvalue weighted by atomic mass is 16.5. The number of aromatic nitrogens is 3. The van der Waals surface area contributed by atoms with E-state index in [4.69, 9.17) is 4.74 Å². The summed E-state index contributed by atoms with van der Waals surface area (Å²) in [6.45, 7) is 0. The minimum atomic E-state index is -0.499. The molecule has 2 heterocycles. The number of rotatable bonds is 7. The molecule has 1 unspecified atom stereocenters. The van der Waals surface area contributed by atoms with Gasteiger partial charge in [-0.15, -0.1) is 0 Å². The first-order valence-electron chi connectivity index (χ1n) is 10.3. The van der Waals surface area contributed by atoms with Crippen molar-refractivity contribution in [1.29, 1.82) is 0 Å². The second kappa shape index (κ2) is 9.78. The van der Waals surface area contributed by atoms with Crippen LogP contribution in [0.15, 0.2) is 85.5 Å². The van der Waals surface area contributed by atoms with Crippen LogP contribution in [0, 0.1) is 0 Å². The zero-order valence-corrected chi connectivity index (χ0v) is 18.2. The number of benzene rings is 2. The second-order valence-corrected chi connectivity index (χ2v) is 7.36. The lowest BCUT2D eigenvalue weighted by molar-refractivity contribution is 0.0940. The molecule has 4 aromatic rings. The largest absolute Gasteiger partial charge is 0.497 e. The predicted octanol–water partition coefficient (Wildman–Crippen LogP) is 3.60. The van der Waals surface area contributed by atoms with Crippen molar-refractivity contribution in [3.63, 3.8) is 0 Å². The number of nitrogens with one attached hydrogen (secondary N) is 2. The van der Waals surface area contributed by atoms with E-state index in [1.165, 1.54) is 6.20 Å². The van der Waals surface area contributed by atoms with Gasteiger partial charge in [0.1, 0.15) is 17.6 Å². The lowest BCUT2D eigenvalue weighted by Gasteiger charge is -2.20. The first-order chi connectivity index (χ1) is 16.0. The maximum absolute atomic E-state index is 13.2. The van der Waals surface area contributed by atoms with Gasteiger partial charge in [0, 0.05) is 43.1 Å². The molecule has 0 fully saturated rings. The molecule has 8 heteroatoms. The number of ether oxygens (including phenoxy) is 1. The standard InChI is InChI=1S/C25H23N5O3/c1-30-13-12-27-23(30)22(17-6-4-10-21(15-17)33-2)29-24(31)18-7-3-9-20(14-18)28-25(32)19-8-5-11-26-16-19/h3-16,22H,1-2H3,(H,28,32)(H,29,31). The number of carbonyl (C=O) groups excluding carboxylic acids is 2. The third-order valence-corrected chi connectivity index (χ3v) is 5.13. The fourth-order valence-corrected chi connectivity index (χ4v) is 3.43. The van der Waals surface area contributed by atoms with Crippen LogP contribution in [0.1, 0.15) is 38.1 Å². The highest BCUT2D eigenvalue weighted by Gasteiger charge is 2.22. The maximum atomic E-state index is 13.2. The molecule has 2 N–H and O–H groups in total. The highest BCUT2D eigenvalue weighted by Crippen LogP contribution is 2.25. The molecule has 1 atom stereocenters. The minimum Gasteiger partial charge on any atom is -0.497 e. The van der Waals surface area contributed by atoms with Gasteiger partial charge in [-0.25, -0.2) is 4.98 Å². The first kappa shape index (κ1) is 21.8. The molecule has 0 aliphatic carbocycles. The molecule has 2 aromatic heterocycles. The van der Waals surface area contributed by atoms with Crippen LogP contribution in [-0.2, 0) is 7.05 Å². The lowest BCUT2D eigenvalue weighted by atomic mass is 10.0. The van der Waals surface area contributed by atoms with Crippen LogP contribution in [0.5, 0.6) is 5.75 Å². The quantitative estimate of drug-likeness (QED) is 0.457. The summed E-state index contributed by atoms with van der Waals surface area (Å²) in [4.78, 5) is 34.0. The Morgan fingerprint density at radius 2 is 1.79 bits per heavy atom. The number of nitrogens with zero attached hydrogens (tertiary/aromatic N) is 3. The molecule has 0 saturated heterocycles. The van der Waals surface area contributed by atoms with Crippen molar-refractivity contribution in [2.45, 2.75) is 6.04 Å². The fourth-order valence-electron chi connectivity index (χ4n) is 3.43. The van der Waals surface area contributed by atoms with Gasteiger partial charge in [0.25, 0.3) is 11.8 Å².